The summed E-state index contributed by atoms with van der Waals surface area (Å²) in [5, 5.41) is 3.22. The lowest BCUT2D eigenvalue weighted by atomic mass is 10.5. The molecule has 16 heavy (non-hydrogen) atoms. The minimum atomic E-state index is 0.679. The first-order chi connectivity index (χ1) is 7.83. The van der Waals surface area contributed by atoms with Crippen molar-refractivity contribution in [1.82, 2.24) is 14.4 Å². The number of nitrogens with zero attached hydrogens (tertiary/aromatic N) is 3. The van der Waals surface area contributed by atoms with Gasteiger partial charge < -0.3 is 10.1 Å². The molecule has 5 heteroatoms. The molecule has 2 rings (SSSR count). The van der Waals surface area contributed by atoms with Crippen LogP contribution in [0.15, 0.2) is 18.6 Å². The highest BCUT2D eigenvalue weighted by atomic mass is 16.5. The number of anilines is 1. The predicted octanol–water partition coefficient (Wildman–Crippen LogP) is 1.49. The molecule has 0 aliphatic rings. The summed E-state index contributed by atoms with van der Waals surface area (Å²) in [5.41, 5.74) is 1.96. The molecule has 0 amide bonds. The van der Waals surface area contributed by atoms with Gasteiger partial charge in [-0.3, -0.25) is 4.40 Å². The molecule has 86 valence electrons. The van der Waals surface area contributed by atoms with Crippen LogP contribution in [-0.2, 0) is 4.74 Å². The standard InChI is InChI=1S/C11H16N4O/c1-3-16-7-5-13-10-11-14-8-9(2)15(11)6-4-12-10/h4,6,8H,3,5,7H2,1-2H3,(H,12,13). The Balaban J connectivity index is 2.11. The minimum Gasteiger partial charge on any atom is -0.380 e. The molecule has 0 aliphatic carbocycles. The number of fused-ring (bicyclic) bond motifs is 1. The Morgan fingerprint density at radius 2 is 2.31 bits per heavy atom. The Hall–Kier alpha value is -1.62. The lowest BCUT2D eigenvalue weighted by Crippen LogP contribution is -2.11. The number of aromatic nitrogens is 3. The van der Waals surface area contributed by atoms with E-state index in [4.69, 9.17) is 4.74 Å². The molecule has 0 fully saturated rings. The average molecular weight is 220 g/mol. The number of ether oxygens (including phenoxy) is 1. The van der Waals surface area contributed by atoms with Crippen molar-refractivity contribution in [1.29, 1.82) is 0 Å². The number of rotatable bonds is 5. The van der Waals surface area contributed by atoms with Gasteiger partial charge in [0.05, 0.1) is 6.61 Å². The molecule has 1 N–H and O–H groups in total. The van der Waals surface area contributed by atoms with Gasteiger partial charge in [0.25, 0.3) is 0 Å². The van der Waals surface area contributed by atoms with Crippen molar-refractivity contribution >= 4 is 11.5 Å². The summed E-state index contributed by atoms with van der Waals surface area (Å²) in [4.78, 5) is 8.58. The molecule has 0 atom stereocenters. The third-order valence-electron chi connectivity index (χ3n) is 2.36. The van der Waals surface area contributed by atoms with E-state index in [2.05, 4.69) is 15.3 Å². The SMILES string of the molecule is CCOCCNc1nccn2c(C)cnc12. The monoisotopic (exact) mass is 220 g/mol. The highest BCUT2D eigenvalue weighted by Gasteiger charge is 2.04. The van der Waals surface area contributed by atoms with Crippen LogP contribution in [0.1, 0.15) is 12.6 Å². The fourth-order valence-corrected chi connectivity index (χ4v) is 1.55. The molecule has 0 spiro atoms. The zero-order chi connectivity index (χ0) is 11.4. The van der Waals surface area contributed by atoms with Crippen LogP contribution >= 0.6 is 0 Å². The molecular formula is C11H16N4O. The Morgan fingerprint density at radius 1 is 1.44 bits per heavy atom. The molecule has 5 nitrogen and oxygen atoms in total. The van der Waals surface area contributed by atoms with Gasteiger partial charge in [0, 0.05) is 37.4 Å². The average Bonchev–Trinajstić information content (AvgIpc) is 2.68. The molecule has 0 saturated heterocycles. The van der Waals surface area contributed by atoms with Gasteiger partial charge in [-0.25, -0.2) is 9.97 Å². The van der Waals surface area contributed by atoms with Crippen LogP contribution < -0.4 is 5.32 Å². The van der Waals surface area contributed by atoms with E-state index in [0.29, 0.717) is 6.61 Å². The quantitative estimate of drug-likeness (QED) is 0.775. The van der Waals surface area contributed by atoms with Gasteiger partial charge in [-0.2, -0.15) is 0 Å². The fourth-order valence-electron chi connectivity index (χ4n) is 1.55. The first-order valence-corrected chi connectivity index (χ1v) is 5.43. The van der Waals surface area contributed by atoms with Crippen LogP contribution in [-0.4, -0.2) is 34.1 Å². The summed E-state index contributed by atoms with van der Waals surface area (Å²) in [7, 11) is 0. The van der Waals surface area contributed by atoms with Crippen molar-refractivity contribution in [2.75, 3.05) is 25.1 Å². The van der Waals surface area contributed by atoms with Crippen molar-refractivity contribution in [3.63, 3.8) is 0 Å². The van der Waals surface area contributed by atoms with Gasteiger partial charge in [-0.1, -0.05) is 0 Å². The molecule has 0 bridgehead atoms. The zero-order valence-electron chi connectivity index (χ0n) is 9.60. The summed E-state index contributed by atoms with van der Waals surface area (Å²) in [5.74, 6) is 0.801. The van der Waals surface area contributed by atoms with E-state index in [9.17, 15) is 0 Å². The van der Waals surface area contributed by atoms with Crippen molar-refractivity contribution < 1.29 is 4.74 Å². The predicted molar refractivity (Wildman–Crippen MR) is 62.7 cm³/mol. The van der Waals surface area contributed by atoms with Crippen LogP contribution in [0.5, 0.6) is 0 Å². The first-order valence-electron chi connectivity index (χ1n) is 5.43. The van der Waals surface area contributed by atoms with Crippen molar-refractivity contribution in [2.45, 2.75) is 13.8 Å². The van der Waals surface area contributed by atoms with Gasteiger partial charge in [-0.05, 0) is 13.8 Å². The Bertz CT molecular complexity index is 466. The second kappa shape index (κ2) is 4.94. The van der Waals surface area contributed by atoms with Crippen LogP contribution in [0, 0.1) is 6.92 Å². The van der Waals surface area contributed by atoms with E-state index in [-0.39, 0.29) is 0 Å². The normalized spacial score (nSPS) is 10.9. The molecule has 0 unspecified atom stereocenters. The van der Waals surface area contributed by atoms with Gasteiger partial charge in [0.1, 0.15) is 0 Å². The van der Waals surface area contributed by atoms with Crippen LogP contribution in [0.4, 0.5) is 5.82 Å². The van der Waals surface area contributed by atoms with Crippen LogP contribution in [0.3, 0.4) is 0 Å². The number of hydrogen-bond donors (Lipinski definition) is 1. The highest BCUT2D eigenvalue weighted by Crippen LogP contribution is 2.12. The maximum absolute atomic E-state index is 5.26. The van der Waals surface area contributed by atoms with E-state index in [0.717, 1.165) is 30.3 Å². The van der Waals surface area contributed by atoms with Crippen molar-refractivity contribution in [3.05, 3.63) is 24.3 Å². The summed E-state index contributed by atoms with van der Waals surface area (Å²) >= 11 is 0. The third kappa shape index (κ3) is 2.14. The highest BCUT2D eigenvalue weighted by molar-refractivity contribution is 5.62. The summed E-state index contributed by atoms with van der Waals surface area (Å²) < 4.78 is 7.26. The van der Waals surface area contributed by atoms with Crippen LogP contribution in [0.25, 0.3) is 5.65 Å². The van der Waals surface area contributed by atoms with Gasteiger partial charge in [-0.15, -0.1) is 0 Å². The molecular weight excluding hydrogens is 204 g/mol. The number of imidazole rings is 1. The molecule has 2 heterocycles. The molecule has 0 aromatic carbocycles. The van der Waals surface area contributed by atoms with Gasteiger partial charge in [0.2, 0.25) is 0 Å². The molecule has 0 saturated carbocycles. The number of nitrogens with one attached hydrogen (secondary N) is 1. The van der Waals surface area contributed by atoms with E-state index < -0.39 is 0 Å². The van der Waals surface area contributed by atoms with E-state index in [1.807, 2.05) is 30.6 Å². The van der Waals surface area contributed by atoms with Crippen molar-refractivity contribution in [2.24, 2.45) is 0 Å². The zero-order valence-corrected chi connectivity index (χ0v) is 9.60. The Morgan fingerprint density at radius 3 is 3.12 bits per heavy atom. The summed E-state index contributed by atoms with van der Waals surface area (Å²) in [6.07, 6.45) is 5.51. The fraction of sp³-hybridized carbons (Fsp3) is 0.455. The maximum atomic E-state index is 5.26. The van der Waals surface area contributed by atoms with Crippen LogP contribution in [0.2, 0.25) is 0 Å². The van der Waals surface area contributed by atoms with E-state index in [1.165, 1.54) is 0 Å². The third-order valence-corrected chi connectivity index (χ3v) is 2.36. The molecule has 0 aliphatic heterocycles. The molecule has 0 radical (unpaired) electrons. The Labute approximate surface area is 94.5 Å². The number of hydrogen-bond acceptors (Lipinski definition) is 4. The van der Waals surface area contributed by atoms with Gasteiger partial charge in [0.15, 0.2) is 11.5 Å². The largest absolute Gasteiger partial charge is 0.380 e. The summed E-state index contributed by atoms with van der Waals surface area (Å²) in [6.45, 7) is 6.16. The lowest BCUT2D eigenvalue weighted by Gasteiger charge is -2.06. The molecule has 2 aromatic heterocycles. The van der Waals surface area contributed by atoms with E-state index >= 15 is 0 Å². The van der Waals surface area contributed by atoms with E-state index in [1.54, 1.807) is 6.20 Å². The summed E-state index contributed by atoms with van der Waals surface area (Å²) in [6, 6.07) is 0. The maximum Gasteiger partial charge on any atom is 0.180 e. The van der Waals surface area contributed by atoms with Gasteiger partial charge >= 0.3 is 0 Å². The van der Waals surface area contributed by atoms with Crippen molar-refractivity contribution in [3.8, 4) is 0 Å². The number of aryl methyl sites for hydroxylation is 1. The second-order valence-electron chi connectivity index (χ2n) is 3.49. The minimum absolute atomic E-state index is 0.679. The molecule has 2 aromatic rings. The lowest BCUT2D eigenvalue weighted by molar-refractivity contribution is 0.158. The Kier molecular flexibility index (Phi) is 3.36. The smallest absolute Gasteiger partial charge is 0.180 e. The first kappa shape index (κ1) is 10.9. The second-order valence-corrected chi connectivity index (χ2v) is 3.49. The topological polar surface area (TPSA) is 51.5 Å².